The van der Waals surface area contributed by atoms with E-state index < -0.39 is 0 Å². The zero-order valence-corrected chi connectivity index (χ0v) is 11.5. The van der Waals surface area contributed by atoms with E-state index in [0.717, 1.165) is 13.1 Å². The summed E-state index contributed by atoms with van der Waals surface area (Å²) in [5.74, 6) is 0. The van der Waals surface area contributed by atoms with Crippen molar-refractivity contribution >= 4 is 23.0 Å². The number of fused-ring (bicyclic) bond motifs is 1. The molecule has 0 amide bonds. The van der Waals surface area contributed by atoms with Crippen molar-refractivity contribution in [1.82, 2.24) is 0 Å². The van der Waals surface area contributed by atoms with E-state index in [0.29, 0.717) is 10.7 Å². The normalized spacial score (nSPS) is 14.3. The van der Waals surface area contributed by atoms with Crippen LogP contribution in [-0.4, -0.2) is 6.54 Å². The number of anilines is 2. The molecule has 2 N–H and O–H groups in total. The monoisotopic (exact) mass is 272 g/mol. The van der Waals surface area contributed by atoms with E-state index >= 15 is 0 Å². The highest BCUT2D eigenvalue weighted by molar-refractivity contribution is 6.33. The summed E-state index contributed by atoms with van der Waals surface area (Å²) in [6.07, 6.45) is 2.38. The molecule has 1 aliphatic heterocycles. The summed E-state index contributed by atoms with van der Waals surface area (Å²) in [6, 6.07) is 14.5. The van der Waals surface area contributed by atoms with Crippen molar-refractivity contribution < 1.29 is 0 Å². The average Bonchev–Trinajstić information content (AvgIpc) is 2.43. The van der Waals surface area contributed by atoms with Gasteiger partial charge in [-0.3, -0.25) is 0 Å². The van der Waals surface area contributed by atoms with E-state index in [2.05, 4.69) is 35.2 Å². The molecule has 0 bridgehead atoms. The zero-order chi connectivity index (χ0) is 13.2. The standard InChI is InChI=1S/C16H17ClN2/c17-14-8-7-12(10-15(14)18)11-19-9-3-5-13-4-1-2-6-16(13)19/h1-2,4,6-8,10H,3,5,9,11,18H2. The summed E-state index contributed by atoms with van der Waals surface area (Å²) < 4.78 is 0. The molecule has 2 aromatic rings. The molecule has 3 rings (SSSR count). The number of halogens is 1. The van der Waals surface area contributed by atoms with Crippen LogP contribution in [0.25, 0.3) is 0 Å². The highest BCUT2D eigenvalue weighted by Crippen LogP contribution is 2.29. The van der Waals surface area contributed by atoms with Gasteiger partial charge in [0.2, 0.25) is 0 Å². The van der Waals surface area contributed by atoms with Crippen LogP contribution in [0.5, 0.6) is 0 Å². The van der Waals surface area contributed by atoms with Crippen LogP contribution < -0.4 is 10.6 Å². The Hall–Kier alpha value is -1.67. The van der Waals surface area contributed by atoms with E-state index in [-0.39, 0.29) is 0 Å². The van der Waals surface area contributed by atoms with Crippen LogP contribution >= 0.6 is 11.6 Å². The molecule has 0 atom stereocenters. The third kappa shape index (κ3) is 2.54. The van der Waals surface area contributed by atoms with Crippen LogP contribution in [0.1, 0.15) is 17.5 Å². The van der Waals surface area contributed by atoms with E-state index in [4.69, 9.17) is 17.3 Å². The number of hydrogen-bond acceptors (Lipinski definition) is 2. The molecule has 0 saturated heterocycles. The van der Waals surface area contributed by atoms with Crippen molar-refractivity contribution in [2.45, 2.75) is 19.4 Å². The Morgan fingerprint density at radius 1 is 1.16 bits per heavy atom. The Morgan fingerprint density at radius 2 is 2.00 bits per heavy atom. The fourth-order valence-electron chi connectivity index (χ4n) is 2.69. The van der Waals surface area contributed by atoms with Gasteiger partial charge in [-0.2, -0.15) is 0 Å². The Balaban J connectivity index is 1.86. The summed E-state index contributed by atoms with van der Waals surface area (Å²) in [6.45, 7) is 1.98. The van der Waals surface area contributed by atoms with Gasteiger partial charge in [0.25, 0.3) is 0 Å². The van der Waals surface area contributed by atoms with Gasteiger partial charge in [0.05, 0.1) is 10.7 Å². The molecule has 0 radical (unpaired) electrons. The molecule has 1 heterocycles. The number of hydrogen-bond donors (Lipinski definition) is 1. The van der Waals surface area contributed by atoms with Crippen LogP contribution in [0.3, 0.4) is 0 Å². The van der Waals surface area contributed by atoms with Gasteiger partial charge in [0.1, 0.15) is 0 Å². The van der Waals surface area contributed by atoms with E-state index in [1.54, 1.807) is 0 Å². The lowest BCUT2D eigenvalue weighted by Gasteiger charge is -2.31. The molecule has 2 nitrogen and oxygen atoms in total. The molecule has 19 heavy (non-hydrogen) atoms. The van der Waals surface area contributed by atoms with E-state index in [9.17, 15) is 0 Å². The minimum Gasteiger partial charge on any atom is -0.398 e. The molecule has 0 fully saturated rings. The molecule has 0 unspecified atom stereocenters. The van der Waals surface area contributed by atoms with Gasteiger partial charge in [0, 0.05) is 18.8 Å². The molecule has 3 heteroatoms. The second-order valence-electron chi connectivity index (χ2n) is 5.01. The van der Waals surface area contributed by atoms with Gasteiger partial charge in [-0.05, 0) is 42.2 Å². The van der Waals surface area contributed by atoms with Crippen molar-refractivity contribution in [3.05, 3.63) is 58.6 Å². The minimum atomic E-state index is 0.628. The SMILES string of the molecule is Nc1cc(CN2CCCc3ccccc32)ccc1Cl. The van der Waals surface area contributed by atoms with Crippen molar-refractivity contribution in [3.63, 3.8) is 0 Å². The van der Waals surface area contributed by atoms with Crippen LogP contribution in [0.2, 0.25) is 5.02 Å². The maximum absolute atomic E-state index is 5.97. The van der Waals surface area contributed by atoms with Gasteiger partial charge in [0.15, 0.2) is 0 Å². The highest BCUT2D eigenvalue weighted by atomic mass is 35.5. The summed E-state index contributed by atoms with van der Waals surface area (Å²) in [5, 5.41) is 0.628. The van der Waals surface area contributed by atoms with E-state index in [1.807, 2.05) is 12.1 Å². The quantitative estimate of drug-likeness (QED) is 0.841. The summed E-state index contributed by atoms with van der Waals surface area (Å²) in [5.41, 5.74) is 10.5. The molecule has 0 aliphatic carbocycles. The van der Waals surface area contributed by atoms with Gasteiger partial charge in [-0.1, -0.05) is 35.9 Å². The molecular formula is C16H17ClN2. The second kappa shape index (κ2) is 5.14. The van der Waals surface area contributed by atoms with E-state index in [1.165, 1.54) is 29.7 Å². The van der Waals surface area contributed by atoms with Crippen molar-refractivity contribution in [3.8, 4) is 0 Å². The Morgan fingerprint density at radius 3 is 2.84 bits per heavy atom. The molecule has 1 aliphatic rings. The third-order valence-corrected chi connectivity index (χ3v) is 3.98. The first kappa shape index (κ1) is 12.4. The number of nitrogens with zero attached hydrogens (tertiary/aromatic N) is 1. The topological polar surface area (TPSA) is 29.3 Å². The number of rotatable bonds is 2. The Kier molecular flexibility index (Phi) is 3.34. The zero-order valence-electron chi connectivity index (χ0n) is 10.8. The Bertz CT molecular complexity index is 595. The maximum atomic E-state index is 5.97. The molecular weight excluding hydrogens is 256 g/mol. The lowest BCUT2D eigenvalue weighted by Crippen LogP contribution is -2.28. The third-order valence-electron chi connectivity index (χ3n) is 3.64. The number of para-hydroxylation sites is 1. The predicted octanol–water partition coefficient (Wildman–Crippen LogP) is 3.88. The molecule has 0 saturated carbocycles. The number of benzene rings is 2. The van der Waals surface area contributed by atoms with Crippen molar-refractivity contribution in [2.24, 2.45) is 0 Å². The molecule has 2 aromatic carbocycles. The summed E-state index contributed by atoms with van der Waals surface area (Å²) in [7, 11) is 0. The molecule has 0 aromatic heterocycles. The number of nitrogen functional groups attached to an aromatic ring is 1. The first-order valence-corrected chi connectivity index (χ1v) is 6.98. The van der Waals surface area contributed by atoms with Crippen molar-refractivity contribution in [1.29, 1.82) is 0 Å². The van der Waals surface area contributed by atoms with Crippen LogP contribution in [0, 0.1) is 0 Å². The fourth-order valence-corrected chi connectivity index (χ4v) is 2.81. The summed E-state index contributed by atoms with van der Waals surface area (Å²) in [4.78, 5) is 2.42. The Labute approximate surface area is 118 Å². The first-order chi connectivity index (χ1) is 9.24. The highest BCUT2D eigenvalue weighted by Gasteiger charge is 2.16. The maximum Gasteiger partial charge on any atom is 0.0635 e. The fraction of sp³-hybridized carbons (Fsp3) is 0.250. The predicted molar refractivity (Wildman–Crippen MR) is 81.7 cm³/mol. The minimum absolute atomic E-state index is 0.628. The first-order valence-electron chi connectivity index (χ1n) is 6.61. The number of aryl methyl sites for hydroxylation is 1. The van der Waals surface area contributed by atoms with Crippen LogP contribution in [-0.2, 0) is 13.0 Å². The van der Waals surface area contributed by atoms with Crippen LogP contribution in [0.15, 0.2) is 42.5 Å². The average molecular weight is 273 g/mol. The lowest BCUT2D eigenvalue weighted by atomic mass is 10.0. The van der Waals surface area contributed by atoms with Crippen LogP contribution in [0.4, 0.5) is 11.4 Å². The van der Waals surface area contributed by atoms with Gasteiger partial charge in [-0.15, -0.1) is 0 Å². The second-order valence-corrected chi connectivity index (χ2v) is 5.42. The lowest BCUT2D eigenvalue weighted by molar-refractivity contribution is 0.691. The number of nitrogens with two attached hydrogens (primary N) is 1. The summed E-state index contributed by atoms with van der Waals surface area (Å²) >= 11 is 5.97. The van der Waals surface area contributed by atoms with Crippen molar-refractivity contribution in [2.75, 3.05) is 17.2 Å². The smallest absolute Gasteiger partial charge is 0.0635 e. The van der Waals surface area contributed by atoms with Gasteiger partial charge >= 0.3 is 0 Å². The molecule has 0 spiro atoms. The molecule has 98 valence electrons. The van der Waals surface area contributed by atoms with Gasteiger partial charge in [-0.25, -0.2) is 0 Å². The largest absolute Gasteiger partial charge is 0.398 e. The van der Waals surface area contributed by atoms with Gasteiger partial charge < -0.3 is 10.6 Å².